The van der Waals surface area contributed by atoms with Gasteiger partial charge in [0.15, 0.2) is 11.6 Å². The van der Waals surface area contributed by atoms with Crippen molar-refractivity contribution in [3.05, 3.63) is 48.9 Å². The first-order chi connectivity index (χ1) is 14.6. The summed E-state index contributed by atoms with van der Waals surface area (Å²) in [5, 5.41) is 7.54. The summed E-state index contributed by atoms with van der Waals surface area (Å²) >= 11 is 0. The summed E-state index contributed by atoms with van der Waals surface area (Å²) in [4.78, 5) is 25.9. The number of hydrogen-bond acceptors (Lipinski definition) is 6. The van der Waals surface area contributed by atoms with Gasteiger partial charge in [0.1, 0.15) is 23.2 Å². The lowest BCUT2D eigenvalue weighted by atomic mass is 10.0. The van der Waals surface area contributed by atoms with Crippen molar-refractivity contribution in [1.29, 1.82) is 0 Å². The average molecular weight is 400 g/mol. The van der Waals surface area contributed by atoms with Crippen molar-refractivity contribution in [3.63, 3.8) is 0 Å². The highest BCUT2D eigenvalue weighted by atomic mass is 16.5. The predicted octanol–water partition coefficient (Wildman–Crippen LogP) is 3.45. The fourth-order valence-corrected chi connectivity index (χ4v) is 3.44. The number of ether oxygens (including phenoxy) is 1. The van der Waals surface area contributed by atoms with Gasteiger partial charge in [0.2, 0.25) is 5.91 Å². The van der Waals surface area contributed by atoms with E-state index in [2.05, 4.69) is 25.4 Å². The van der Waals surface area contributed by atoms with E-state index in [-0.39, 0.29) is 11.8 Å². The summed E-state index contributed by atoms with van der Waals surface area (Å²) < 4.78 is 7.19. The summed E-state index contributed by atoms with van der Waals surface area (Å²) in [6.45, 7) is 0. The number of nitrogens with one attached hydrogen (secondary N) is 1. The Morgan fingerprint density at radius 1 is 1.17 bits per heavy atom. The summed E-state index contributed by atoms with van der Waals surface area (Å²) in [5.41, 5.74) is 4.45. The number of hydrogen-bond donors (Lipinski definition) is 1. The van der Waals surface area contributed by atoms with Crippen LogP contribution in [0.1, 0.15) is 12.8 Å². The second-order valence-electron chi connectivity index (χ2n) is 7.32. The van der Waals surface area contributed by atoms with Crippen LogP contribution in [0.15, 0.2) is 48.9 Å². The zero-order valence-electron chi connectivity index (χ0n) is 16.7. The molecule has 1 fully saturated rings. The molecular weight excluding hydrogens is 380 g/mol. The van der Waals surface area contributed by atoms with E-state index in [1.54, 1.807) is 17.9 Å². The fraction of sp³-hybridized carbons (Fsp3) is 0.227. The summed E-state index contributed by atoms with van der Waals surface area (Å²) in [6, 6.07) is 11.8. The normalized spacial score (nSPS) is 13.4. The van der Waals surface area contributed by atoms with Crippen molar-refractivity contribution < 1.29 is 9.53 Å². The van der Waals surface area contributed by atoms with E-state index in [0.717, 1.165) is 24.0 Å². The zero-order valence-corrected chi connectivity index (χ0v) is 16.7. The molecule has 0 saturated heterocycles. The minimum Gasteiger partial charge on any atom is -0.493 e. The molecule has 8 nitrogen and oxygen atoms in total. The summed E-state index contributed by atoms with van der Waals surface area (Å²) in [5.74, 6) is 0.848. The van der Waals surface area contributed by atoms with E-state index >= 15 is 0 Å². The lowest BCUT2D eigenvalue weighted by molar-refractivity contribution is -0.117. The molecular formula is C22H20N6O2. The van der Waals surface area contributed by atoms with Crippen LogP contribution in [-0.4, -0.2) is 37.7 Å². The van der Waals surface area contributed by atoms with Crippen molar-refractivity contribution >= 4 is 22.8 Å². The van der Waals surface area contributed by atoms with E-state index in [1.165, 1.54) is 6.33 Å². The van der Waals surface area contributed by atoms with Crippen LogP contribution < -0.4 is 10.1 Å². The van der Waals surface area contributed by atoms with Gasteiger partial charge in [-0.25, -0.2) is 15.0 Å². The summed E-state index contributed by atoms with van der Waals surface area (Å²) in [7, 11) is 3.42. The molecule has 0 unspecified atom stereocenters. The van der Waals surface area contributed by atoms with Gasteiger partial charge in [0, 0.05) is 30.8 Å². The molecule has 0 aliphatic heterocycles. The van der Waals surface area contributed by atoms with Crippen LogP contribution in [0.5, 0.6) is 5.75 Å². The van der Waals surface area contributed by atoms with Crippen LogP contribution in [0, 0.1) is 5.92 Å². The number of aryl methyl sites for hydroxylation is 1. The third-order valence-corrected chi connectivity index (χ3v) is 5.12. The minimum atomic E-state index is -0.0404. The number of aromatic nitrogens is 5. The topological polar surface area (TPSA) is 94.8 Å². The molecule has 0 bridgehead atoms. The monoisotopic (exact) mass is 400 g/mol. The van der Waals surface area contributed by atoms with Gasteiger partial charge in [-0.2, -0.15) is 5.10 Å². The Labute approximate surface area is 173 Å². The van der Waals surface area contributed by atoms with Crippen molar-refractivity contribution in [1.82, 2.24) is 24.7 Å². The van der Waals surface area contributed by atoms with Crippen molar-refractivity contribution in [2.45, 2.75) is 12.8 Å². The fourth-order valence-electron chi connectivity index (χ4n) is 3.44. The Balaban J connectivity index is 1.68. The lowest BCUT2D eigenvalue weighted by Crippen LogP contribution is -2.15. The smallest absolute Gasteiger partial charge is 0.228 e. The van der Waals surface area contributed by atoms with Gasteiger partial charge in [0.05, 0.1) is 12.6 Å². The quantitative estimate of drug-likeness (QED) is 0.551. The Bertz CT molecular complexity index is 1250. The Morgan fingerprint density at radius 2 is 1.97 bits per heavy atom. The van der Waals surface area contributed by atoms with Gasteiger partial charge in [-0.15, -0.1) is 0 Å². The van der Waals surface area contributed by atoms with E-state index in [9.17, 15) is 4.79 Å². The molecule has 1 aromatic carbocycles. The largest absolute Gasteiger partial charge is 0.493 e. The number of carbonyl (C=O) groups is 1. The van der Waals surface area contributed by atoms with E-state index in [0.29, 0.717) is 34.0 Å². The number of pyridine rings is 1. The van der Waals surface area contributed by atoms with Crippen LogP contribution in [0.4, 0.5) is 5.82 Å². The Hall–Kier alpha value is -3.81. The second-order valence-corrected chi connectivity index (χ2v) is 7.32. The lowest BCUT2D eigenvalue weighted by Gasteiger charge is -2.11. The van der Waals surface area contributed by atoms with Crippen molar-refractivity contribution in [2.24, 2.45) is 13.0 Å². The maximum Gasteiger partial charge on any atom is 0.228 e. The van der Waals surface area contributed by atoms with E-state index < -0.39 is 0 Å². The van der Waals surface area contributed by atoms with E-state index in [4.69, 9.17) is 4.74 Å². The molecule has 150 valence electrons. The maximum absolute atomic E-state index is 12.3. The van der Waals surface area contributed by atoms with Crippen molar-refractivity contribution in [2.75, 3.05) is 12.4 Å². The van der Waals surface area contributed by atoms with Crippen LogP contribution in [0.3, 0.4) is 0 Å². The van der Waals surface area contributed by atoms with Gasteiger partial charge >= 0.3 is 0 Å². The molecule has 0 spiro atoms. The molecule has 5 rings (SSSR count). The van der Waals surface area contributed by atoms with Gasteiger partial charge in [-0.1, -0.05) is 30.3 Å². The first kappa shape index (κ1) is 18.2. The SMILES string of the molecule is COc1cc2ncnc(-c3nn(C)cc3-c3ccccc3)c2nc1NC(=O)C1CC1. The van der Waals surface area contributed by atoms with Gasteiger partial charge in [0.25, 0.3) is 0 Å². The minimum absolute atomic E-state index is 0.0404. The van der Waals surface area contributed by atoms with Gasteiger partial charge in [-0.05, 0) is 18.4 Å². The third kappa shape index (κ3) is 3.26. The standard InChI is InChI=1S/C22H20N6O2/c1-28-11-15(13-6-4-3-5-7-13)18(27-28)20-19-16(23-12-24-20)10-17(30-2)21(25-19)26-22(29)14-8-9-14/h3-7,10-12,14H,8-9H2,1-2H3,(H,25,26,29). The summed E-state index contributed by atoms with van der Waals surface area (Å²) in [6.07, 6.45) is 5.26. The van der Waals surface area contributed by atoms with Crippen LogP contribution in [0.2, 0.25) is 0 Å². The zero-order chi connectivity index (χ0) is 20.7. The molecule has 3 heterocycles. The van der Waals surface area contributed by atoms with Crippen molar-refractivity contribution in [3.8, 4) is 28.3 Å². The van der Waals surface area contributed by atoms with E-state index in [1.807, 2.05) is 43.6 Å². The number of methoxy groups -OCH3 is 1. The molecule has 1 aliphatic rings. The Morgan fingerprint density at radius 3 is 2.70 bits per heavy atom. The highest BCUT2D eigenvalue weighted by molar-refractivity contribution is 5.98. The number of fused-ring (bicyclic) bond motifs is 1. The average Bonchev–Trinajstić information content (AvgIpc) is 3.55. The number of benzene rings is 1. The first-order valence-corrected chi connectivity index (χ1v) is 9.74. The highest BCUT2D eigenvalue weighted by Crippen LogP contribution is 2.36. The molecule has 1 N–H and O–H groups in total. The van der Waals surface area contributed by atoms with Gasteiger partial charge in [-0.3, -0.25) is 9.48 Å². The second kappa shape index (κ2) is 7.22. The van der Waals surface area contributed by atoms with Crippen LogP contribution >= 0.6 is 0 Å². The number of anilines is 1. The number of rotatable bonds is 5. The molecule has 0 radical (unpaired) electrons. The number of carbonyl (C=O) groups excluding carboxylic acids is 1. The van der Waals surface area contributed by atoms with Gasteiger partial charge < -0.3 is 10.1 Å². The number of nitrogens with zero attached hydrogens (tertiary/aromatic N) is 5. The number of amides is 1. The molecule has 1 saturated carbocycles. The van der Waals surface area contributed by atoms with Crippen LogP contribution in [0.25, 0.3) is 33.5 Å². The Kier molecular flexibility index (Phi) is 4.39. The molecule has 8 heteroatoms. The molecule has 3 aromatic heterocycles. The predicted molar refractivity (Wildman–Crippen MR) is 113 cm³/mol. The molecule has 1 aliphatic carbocycles. The first-order valence-electron chi connectivity index (χ1n) is 9.74. The third-order valence-electron chi connectivity index (χ3n) is 5.12. The van der Waals surface area contributed by atoms with Crippen LogP contribution in [-0.2, 0) is 11.8 Å². The molecule has 0 atom stereocenters. The molecule has 4 aromatic rings. The maximum atomic E-state index is 12.3. The highest BCUT2D eigenvalue weighted by Gasteiger charge is 2.30. The molecule has 1 amide bonds. The molecule has 30 heavy (non-hydrogen) atoms.